The van der Waals surface area contributed by atoms with Gasteiger partial charge in [0, 0.05) is 23.7 Å². The predicted octanol–water partition coefficient (Wildman–Crippen LogP) is 4.64. The maximum Gasteiger partial charge on any atom is 0.339 e. The smallest absolute Gasteiger partial charge is 0.339 e. The number of nitrogens with zero attached hydrogens (tertiary/aromatic N) is 1. The molecule has 0 atom stereocenters. The van der Waals surface area contributed by atoms with Crippen molar-refractivity contribution in [2.24, 2.45) is 0 Å². The van der Waals surface area contributed by atoms with E-state index in [2.05, 4.69) is 11.4 Å². The first-order chi connectivity index (χ1) is 15.9. The third-order valence-corrected chi connectivity index (χ3v) is 5.60. The number of esters is 1. The Bertz CT molecular complexity index is 1110. The fourth-order valence-corrected chi connectivity index (χ4v) is 3.75. The van der Waals surface area contributed by atoms with Crippen LogP contribution in [0.5, 0.6) is 0 Å². The van der Waals surface area contributed by atoms with Crippen molar-refractivity contribution < 1.29 is 24.0 Å². The standard InChI is InChI=1S/C24H23ClN2O6/c25-20-11-10-17(14-21(20)27(31)32)23(29)18-8-4-5-9-19(18)24(30)33-15-22(28)26-13-12-16-6-2-1-3-7-16/h4-6,8-11,14H,1-3,7,12-13,15H2,(H,26,28). The number of hydrogen-bond donors (Lipinski definition) is 1. The second-order valence-corrected chi connectivity index (χ2v) is 7.99. The van der Waals surface area contributed by atoms with E-state index in [4.69, 9.17) is 16.3 Å². The predicted molar refractivity (Wildman–Crippen MR) is 122 cm³/mol. The number of hydrogen-bond acceptors (Lipinski definition) is 6. The van der Waals surface area contributed by atoms with Crippen molar-refractivity contribution in [3.05, 3.63) is 85.9 Å². The molecule has 0 aliphatic heterocycles. The number of carbonyl (C=O) groups excluding carboxylic acids is 3. The Labute approximate surface area is 195 Å². The summed E-state index contributed by atoms with van der Waals surface area (Å²) in [4.78, 5) is 48.0. The fourth-order valence-electron chi connectivity index (χ4n) is 3.56. The van der Waals surface area contributed by atoms with Crippen molar-refractivity contribution in [1.82, 2.24) is 5.32 Å². The molecular weight excluding hydrogens is 448 g/mol. The van der Waals surface area contributed by atoms with Crippen molar-refractivity contribution in [3.63, 3.8) is 0 Å². The number of nitro benzene ring substituents is 1. The van der Waals surface area contributed by atoms with Crippen LogP contribution < -0.4 is 5.32 Å². The number of ether oxygens (including phenoxy) is 1. The zero-order valence-corrected chi connectivity index (χ0v) is 18.6. The Morgan fingerprint density at radius 3 is 2.55 bits per heavy atom. The lowest BCUT2D eigenvalue weighted by Crippen LogP contribution is -2.30. The molecule has 33 heavy (non-hydrogen) atoms. The molecule has 0 spiro atoms. The van der Waals surface area contributed by atoms with Crippen molar-refractivity contribution in [3.8, 4) is 0 Å². The quantitative estimate of drug-likeness (QED) is 0.187. The van der Waals surface area contributed by atoms with Crippen molar-refractivity contribution in [2.75, 3.05) is 13.2 Å². The maximum absolute atomic E-state index is 12.9. The van der Waals surface area contributed by atoms with Crippen LogP contribution in [-0.4, -0.2) is 35.7 Å². The third kappa shape index (κ3) is 6.49. The van der Waals surface area contributed by atoms with E-state index in [9.17, 15) is 24.5 Å². The van der Waals surface area contributed by atoms with Gasteiger partial charge in [-0.25, -0.2) is 4.79 Å². The van der Waals surface area contributed by atoms with Crippen molar-refractivity contribution in [2.45, 2.75) is 32.1 Å². The molecular formula is C24H23ClN2O6. The molecule has 172 valence electrons. The lowest BCUT2D eigenvalue weighted by atomic mass is 9.97. The van der Waals surface area contributed by atoms with Gasteiger partial charge in [-0.1, -0.05) is 41.4 Å². The molecule has 2 aromatic carbocycles. The Morgan fingerprint density at radius 1 is 1.09 bits per heavy atom. The van der Waals surface area contributed by atoms with Gasteiger partial charge in [0.1, 0.15) is 5.02 Å². The minimum Gasteiger partial charge on any atom is -0.452 e. The molecule has 1 amide bonds. The van der Waals surface area contributed by atoms with Gasteiger partial charge in [-0.05, 0) is 50.3 Å². The van der Waals surface area contributed by atoms with Crippen molar-refractivity contribution in [1.29, 1.82) is 0 Å². The topological polar surface area (TPSA) is 116 Å². The van der Waals surface area contributed by atoms with Crippen LogP contribution in [0.2, 0.25) is 5.02 Å². The summed E-state index contributed by atoms with van der Waals surface area (Å²) in [5.41, 5.74) is 0.877. The Hall–Kier alpha value is -3.52. The zero-order chi connectivity index (χ0) is 23.8. The summed E-state index contributed by atoms with van der Waals surface area (Å²) in [6.07, 6.45) is 7.46. The summed E-state index contributed by atoms with van der Waals surface area (Å²) < 4.78 is 5.09. The zero-order valence-electron chi connectivity index (χ0n) is 17.8. The number of ketones is 1. The number of amides is 1. The van der Waals surface area contributed by atoms with E-state index in [0.29, 0.717) is 6.54 Å². The van der Waals surface area contributed by atoms with Gasteiger partial charge in [0.2, 0.25) is 0 Å². The second kappa shape index (κ2) is 11.4. The number of halogens is 1. The van der Waals surface area contributed by atoms with Crippen LogP contribution in [0.15, 0.2) is 54.1 Å². The molecule has 0 aromatic heterocycles. The van der Waals surface area contributed by atoms with Crippen LogP contribution in [0.25, 0.3) is 0 Å². The number of nitrogens with one attached hydrogen (secondary N) is 1. The van der Waals surface area contributed by atoms with Gasteiger partial charge in [-0.15, -0.1) is 0 Å². The first-order valence-corrected chi connectivity index (χ1v) is 10.9. The molecule has 9 heteroatoms. The molecule has 3 rings (SSSR count). The van der Waals surface area contributed by atoms with Crippen LogP contribution in [0.1, 0.15) is 58.4 Å². The molecule has 1 aliphatic carbocycles. The second-order valence-electron chi connectivity index (χ2n) is 7.58. The number of rotatable bonds is 9. The van der Waals surface area contributed by atoms with E-state index < -0.39 is 34.9 Å². The van der Waals surface area contributed by atoms with Gasteiger partial charge in [0.25, 0.3) is 11.6 Å². The fraction of sp³-hybridized carbons (Fsp3) is 0.292. The molecule has 0 saturated heterocycles. The molecule has 0 heterocycles. The largest absolute Gasteiger partial charge is 0.452 e. The van der Waals surface area contributed by atoms with E-state index >= 15 is 0 Å². The van der Waals surface area contributed by atoms with Gasteiger partial charge in [-0.2, -0.15) is 0 Å². The molecule has 0 fully saturated rings. The van der Waals surface area contributed by atoms with Gasteiger partial charge >= 0.3 is 5.97 Å². The van der Waals surface area contributed by atoms with E-state index in [-0.39, 0.29) is 21.7 Å². The Kier molecular flexibility index (Phi) is 8.32. The summed E-state index contributed by atoms with van der Waals surface area (Å²) in [5.74, 6) is -1.88. The van der Waals surface area contributed by atoms with E-state index in [0.717, 1.165) is 25.3 Å². The summed E-state index contributed by atoms with van der Waals surface area (Å²) in [7, 11) is 0. The Morgan fingerprint density at radius 2 is 1.85 bits per heavy atom. The summed E-state index contributed by atoms with van der Waals surface area (Å²) in [6.45, 7) is -0.0144. The lowest BCUT2D eigenvalue weighted by molar-refractivity contribution is -0.384. The number of benzene rings is 2. The average molecular weight is 471 g/mol. The highest BCUT2D eigenvalue weighted by Gasteiger charge is 2.22. The molecule has 8 nitrogen and oxygen atoms in total. The van der Waals surface area contributed by atoms with Crippen LogP contribution in [0.3, 0.4) is 0 Å². The molecule has 0 bridgehead atoms. The highest BCUT2D eigenvalue weighted by molar-refractivity contribution is 6.33. The monoisotopic (exact) mass is 470 g/mol. The van der Waals surface area contributed by atoms with Gasteiger partial charge in [-0.3, -0.25) is 19.7 Å². The molecule has 1 aliphatic rings. The van der Waals surface area contributed by atoms with Crippen molar-refractivity contribution >= 4 is 34.9 Å². The normalized spacial score (nSPS) is 13.1. The number of allylic oxidation sites excluding steroid dienone is 1. The van der Waals surface area contributed by atoms with Crippen LogP contribution in [-0.2, 0) is 9.53 Å². The van der Waals surface area contributed by atoms with E-state index in [1.807, 2.05) is 0 Å². The first kappa shape index (κ1) is 24.1. The first-order valence-electron chi connectivity index (χ1n) is 10.6. The van der Waals surface area contributed by atoms with Crippen LogP contribution >= 0.6 is 11.6 Å². The number of nitro groups is 1. The molecule has 1 N–H and O–H groups in total. The highest BCUT2D eigenvalue weighted by atomic mass is 35.5. The highest BCUT2D eigenvalue weighted by Crippen LogP contribution is 2.27. The molecule has 0 saturated carbocycles. The van der Waals surface area contributed by atoms with Gasteiger partial charge in [0.05, 0.1) is 10.5 Å². The minimum absolute atomic E-state index is 0.00103. The third-order valence-electron chi connectivity index (χ3n) is 5.28. The molecule has 2 aromatic rings. The van der Waals surface area contributed by atoms with Gasteiger partial charge < -0.3 is 10.1 Å². The van der Waals surface area contributed by atoms with Crippen LogP contribution in [0.4, 0.5) is 5.69 Å². The molecule has 0 radical (unpaired) electrons. The van der Waals surface area contributed by atoms with E-state index in [1.165, 1.54) is 42.7 Å². The van der Waals surface area contributed by atoms with Gasteiger partial charge in [0.15, 0.2) is 12.4 Å². The maximum atomic E-state index is 12.9. The SMILES string of the molecule is O=C(COC(=O)c1ccccc1C(=O)c1ccc(Cl)c([N+](=O)[O-])c1)NCCC1=CCCCC1. The molecule has 0 unspecified atom stereocenters. The summed E-state index contributed by atoms with van der Waals surface area (Å²) in [6, 6.07) is 9.57. The van der Waals surface area contributed by atoms with E-state index in [1.54, 1.807) is 12.1 Å². The summed E-state index contributed by atoms with van der Waals surface area (Å²) >= 11 is 5.81. The Balaban J connectivity index is 1.62. The van der Waals surface area contributed by atoms with Crippen LogP contribution in [0, 0.1) is 10.1 Å². The lowest BCUT2D eigenvalue weighted by Gasteiger charge is -2.13. The average Bonchev–Trinajstić information content (AvgIpc) is 2.83. The number of carbonyl (C=O) groups is 3. The summed E-state index contributed by atoms with van der Waals surface area (Å²) in [5, 5.41) is 13.7. The minimum atomic E-state index is -0.840.